The van der Waals surface area contributed by atoms with Gasteiger partial charge in [0.15, 0.2) is 0 Å². The van der Waals surface area contributed by atoms with Gasteiger partial charge in [0.1, 0.15) is 6.20 Å². The third kappa shape index (κ3) is 3.87. The molecule has 25 heavy (non-hydrogen) atoms. The van der Waals surface area contributed by atoms with Crippen molar-refractivity contribution in [2.24, 2.45) is 12.1 Å². The number of aromatic hydroxyl groups is 1. The second-order valence-electron chi connectivity index (χ2n) is 4.61. The Morgan fingerprint density at radius 3 is 2.60 bits per heavy atom. The number of aromatic nitrogens is 2. The van der Waals surface area contributed by atoms with Crippen LogP contribution in [-0.2, 0) is 7.05 Å². The second-order valence-corrected chi connectivity index (χ2v) is 5.05. The van der Waals surface area contributed by atoms with E-state index >= 15 is 0 Å². The number of amides is 1. The Balaban J connectivity index is 2.23. The van der Waals surface area contributed by atoms with Crippen LogP contribution in [-0.4, -0.2) is 36.9 Å². The molecule has 0 aliphatic rings. The fourth-order valence-electron chi connectivity index (χ4n) is 1.83. The highest BCUT2D eigenvalue weighted by atomic mass is 35.5. The number of aryl methyl sites for hydroxylation is 1. The van der Waals surface area contributed by atoms with Crippen LogP contribution in [0.3, 0.4) is 0 Å². The molecule has 0 aliphatic carbocycles. The van der Waals surface area contributed by atoms with Crippen LogP contribution in [0.25, 0.3) is 0 Å². The van der Waals surface area contributed by atoms with Crippen molar-refractivity contribution in [1.82, 2.24) is 15.2 Å². The van der Waals surface area contributed by atoms with Crippen LogP contribution in [0.1, 0.15) is 16.1 Å². The largest absolute Gasteiger partial charge is 0.502 e. The first-order chi connectivity index (χ1) is 11.7. The quantitative estimate of drug-likeness (QED) is 0.456. The van der Waals surface area contributed by atoms with Gasteiger partial charge in [-0.2, -0.15) is 10.2 Å². The summed E-state index contributed by atoms with van der Waals surface area (Å²) in [7, 11) is 1.40. The number of nitro benzene ring substituents is 1. The number of phenols is 1. The number of hydrogen-bond donors (Lipinski definition) is 2. The van der Waals surface area contributed by atoms with Gasteiger partial charge in [0.25, 0.3) is 5.91 Å². The van der Waals surface area contributed by atoms with Crippen LogP contribution in [0, 0.1) is 20.2 Å². The van der Waals surface area contributed by atoms with Crippen LogP contribution in [0.4, 0.5) is 11.4 Å². The summed E-state index contributed by atoms with van der Waals surface area (Å²) in [4.78, 5) is 31.9. The lowest BCUT2D eigenvalue weighted by Crippen LogP contribution is -2.19. The highest BCUT2D eigenvalue weighted by molar-refractivity contribution is 6.31. The first-order valence-corrected chi connectivity index (χ1v) is 6.77. The smallest absolute Gasteiger partial charge is 0.320 e. The number of hydrogen-bond acceptors (Lipinski definition) is 8. The average Bonchev–Trinajstić information content (AvgIpc) is 2.92. The lowest BCUT2D eigenvalue weighted by molar-refractivity contribution is -0.385. The second kappa shape index (κ2) is 6.92. The molecule has 0 saturated heterocycles. The van der Waals surface area contributed by atoms with Crippen LogP contribution in [0.2, 0.25) is 5.02 Å². The van der Waals surface area contributed by atoms with Gasteiger partial charge in [0, 0.05) is 23.7 Å². The van der Waals surface area contributed by atoms with Gasteiger partial charge in [-0.15, -0.1) is 0 Å². The first-order valence-electron chi connectivity index (χ1n) is 6.39. The first kappa shape index (κ1) is 17.8. The van der Waals surface area contributed by atoms with E-state index in [4.69, 9.17) is 11.6 Å². The van der Waals surface area contributed by atoms with Crippen LogP contribution < -0.4 is 5.43 Å². The molecular weight excluding hydrogens is 360 g/mol. The lowest BCUT2D eigenvalue weighted by Gasteiger charge is -2.01. The van der Waals surface area contributed by atoms with Crippen molar-refractivity contribution in [2.45, 2.75) is 0 Å². The van der Waals surface area contributed by atoms with Crippen molar-refractivity contribution in [1.29, 1.82) is 0 Å². The molecule has 1 aromatic heterocycles. The highest BCUT2D eigenvalue weighted by Gasteiger charge is 2.24. The van der Waals surface area contributed by atoms with E-state index in [2.05, 4.69) is 10.2 Å². The monoisotopic (exact) mass is 368 g/mol. The third-order valence-electron chi connectivity index (χ3n) is 2.87. The summed E-state index contributed by atoms with van der Waals surface area (Å²) in [6.07, 6.45) is 1.95. The SMILES string of the molecule is Cn1cc([N+](=O)[O-])c(C(=O)N/N=C\c2cc(Cl)cc([N+](=O)[O-])c2O)n1. The molecular formula is C12H9ClN6O6. The molecule has 0 spiro atoms. The van der Waals surface area contributed by atoms with Crippen molar-refractivity contribution in [3.63, 3.8) is 0 Å². The fourth-order valence-corrected chi connectivity index (χ4v) is 2.05. The van der Waals surface area contributed by atoms with E-state index in [9.17, 15) is 30.1 Å². The minimum atomic E-state index is -0.973. The number of carbonyl (C=O) groups excluding carboxylic acids is 1. The summed E-state index contributed by atoms with van der Waals surface area (Å²) in [5, 5.41) is 38.5. The summed E-state index contributed by atoms with van der Waals surface area (Å²) >= 11 is 5.71. The fraction of sp³-hybridized carbons (Fsp3) is 0.0833. The number of phenolic OH excluding ortho intramolecular Hbond substituents is 1. The molecule has 2 aromatic rings. The van der Waals surface area contributed by atoms with E-state index in [1.807, 2.05) is 5.43 Å². The van der Waals surface area contributed by atoms with Crippen molar-refractivity contribution in [3.05, 3.63) is 54.8 Å². The molecule has 0 atom stereocenters. The van der Waals surface area contributed by atoms with E-state index in [1.165, 1.54) is 13.1 Å². The van der Waals surface area contributed by atoms with Crippen LogP contribution in [0.15, 0.2) is 23.4 Å². The van der Waals surface area contributed by atoms with Gasteiger partial charge in [-0.05, 0) is 6.07 Å². The molecule has 1 heterocycles. The molecule has 130 valence electrons. The Labute approximate surface area is 143 Å². The van der Waals surface area contributed by atoms with Gasteiger partial charge in [0.2, 0.25) is 11.4 Å². The molecule has 0 bridgehead atoms. The Kier molecular flexibility index (Phi) is 4.93. The Morgan fingerprint density at radius 1 is 1.36 bits per heavy atom. The van der Waals surface area contributed by atoms with E-state index < -0.39 is 38.6 Å². The van der Waals surface area contributed by atoms with E-state index in [0.29, 0.717) is 0 Å². The lowest BCUT2D eigenvalue weighted by atomic mass is 10.2. The standard InChI is InChI=1S/C12H9ClN6O6/c1-17-5-9(19(24)25)10(16-17)12(21)15-14-4-6-2-7(13)3-8(11(6)20)18(22)23/h2-5,20H,1H3,(H,15,21)/b14-4-. The maximum Gasteiger partial charge on any atom is 0.320 e. The zero-order chi connectivity index (χ0) is 18.7. The highest BCUT2D eigenvalue weighted by Crippen LogP contribution is 2.32. The van der Waals surface area contributed by atoms with Crippen LogP contribution >= 0.6 is 11.6 Å². The molecule has 0 radical (unpaired) electrons. The van der Waals surface area contributed by atoms with Gasteiger partial charge in [0.05, 0.1) is 16.1 Å². The minimum absolute atomic E-state index is 0.0300. The van der Waals surface area contributed by atoms with Gasteiger partial charge in [-0.1, -0.05) is 11.6 Å². The number of nitrogens with zero attached hydrogens (tertiary/aromatic N) is 5. The molecule has 2 N–H and O–H groups in total. The zero-order valence-electron chi connectivity index (χ0n) is 12.4. The molecule has 1 aromatic carbocycles. The molecule has 0 unspecified atom stereocenters. The third-order valence-corrected chi connectivity index (χ3v) is 3.09. The summed E-state index contributed by atoms with van der Waals surface area (Å²) in [6, 6.07) is 2.13. The number of rotatable bonds is 5. The number of nitrogens with one attached hydrogen (secondary N) is 1. The van der Waals surface area contributed by atoms with Crippen molar-refractivity contribution < 1.29 is 19.7 Å². The normalized spacial score (nSPS) is 10.8. The number of halogens is 1. The summed E-state index contributed by atoms with van der Waals surface area (Å²) in [5.41, 5.74) is 0.226. The predicted octanol–water partition coefficient (Wildman–Crippen LogP) is 1.36. The number of nitro groups is 2. The van der Waals surface area contributed by atoms with Gasteiger partial charge < -0.3 is 5.11 Å². The van der Waals surface area contributed by atoms with Crippen molar-refractivity contribution in [3.8, 4) is 5.75 Å². The Bertz CT molecular complexity index is 908. The molecule has 1 amide bonds. The number of benzene rings is 1. The van der Waals surface area contributed by atoms with E-state index in [-0.39, 0.29) is 10.6 Å². The van der Waals surface area contributed by atoms with Gasteiger partial charge in [-0.3, -0.25) is 29.7 Å². The topological polar surface area (TPSA) is 166 Å². The molecule has 12 nitrogen and oxygen atoms in total. The molecule has 2 rings (SSSR count). The van der Waals surface area contributed by atoms with E-state index in [1.54, 1.807) is 0 Å². The summed E-state index contributed by atoms with van der Waals surface area (Å²) < 4.78 is 1.09. The maximum atomic E-state index is 11.9. The summed E-state index contributed by atoms with van der Waals surface area (Å²) in [6.45, 7) is 0. The zero-order valence-corrected chi connectivity index (χ0v) is 13.2. The average molecular weight is 369 g/mol. The van der Waals surface area contributed by atoms with Crippen molar-refractivity contribution >= 4 is 35.1 Å². The number of hydrazone groups is 1. The molecule has 0 saturated carbocycles. The molecule has 13 heteroatoms. The Hall–Kier alpha value is -3.54. The summed E-state index contributed by atoms with van der Waals surface area (Å²) in [5.74, 6) is -1.67. The number of carbonyl (C=O) groups is 1. The minimum Gasteiger partial charge on any atom is -0.502 e. The molecule has 0 aliphatic heterocycles. The molecule has 0 fully saturated rings. The van der Waals surface area contributed by atoms with Gasteiger partial charge in [-0.25, -0.2) is 5.43 Å². The van der Waals surface area contributed by atoms with E-state index in [0.717, 1.165) is 23.2 Å². The van der Waals surface area contributed by atoms with Crippen LogP contribution in [0.5, 0.6) is 5.75 Å². The maximum absolute atomic E-state index is 11.9. The van der Waals surface area contributed by atoms with Gasteiger partial charge >= 0.3 is 11.4 Å². The predicted molar refractivity (Wildman–Crippen MR) is 84.7 cm³/mol. The van der Waals surface area contributed by atoms with Crippen molar-refractivity contribution in [2.75, 3.05) is 0 Å². The Morgan fingerprint density at radius 2 is 2.00 bits per heavy atom.